The summed E-state index contributed by atoms with van der Waals surface area (Å²) in [6, 6.07) is 38.5. The molecule has 0 fully saturated rings. The van der Waals surface area contributed by atoms with Crippen LogP contribution in [0.25, 0.3) is 43.1 Å². The maximum absolute atomic E-state index is 9.60. The van der Waals surface area contributed by atoms with Gasteiger partial charge < -0.3 is 10.2 Å². The molecular weight excluding hydrogens is 520 g/mol. The number of carboxylic acid groups (broad SMARTS) is 2. The molecule has 0 heterocycles. The van der Waals surface area contributed by atoms with Crippen molar-refractivity contribution in [2.24, 2.45) is 0 Å². The molecule has 0 amide bonds. The van der Waals surface area contributed by atoms with E-state index in [1.165, 1.54) is 56.9 Å². The summed E-state index contributed by atoms with van der Waals surface area (Å²) in [6.07, 6.45) is 0. The maximum atomic E-state index is 9.60. The summed E-state index contributed by atoms with van der Waals surface area (Å²) in [7, 11) is 0. The van der Waals surface area contributed by atoms with Crippen molar-refractivity contribution < 1.29 is 41.5 Å². The molecule has 0 aliphatic heterocycles. The molecule has 5 heteroatoms. The van der Waals surface area contributed by atoms with Gasteiger partial charge in [0.15, 0.2) is 0 Å². The normalized spacial score (nSPS) is 9.69. The summed E-state index contributed by atoms with van der Waals surface area (Å²) in [5, 5.41) is 26.6. The number of fused-ring (bicyclic) bond motifs is 6. The van der Waals surface area contributed by atoms with Crippen molar-refractivity contribution in [3.8, 4) is 0 Å². The van der Waals surface area contributed by atoms with Crippen molar-refractivity contribution >= 4 is 55.0 Å². The molecule has 6 aromatic carbocycles. The first-order valence-electron chi connectivity index (χ1n) is 12.0. The molecular formula is C34H30O4Ti. The third kappa shape index (κ3) is 8.37. The summed E-state index contributed by atoms with van der Waals surface area (Å²) < 4.78 is 0. The van der Waals surface area contributed by atoms with Gasteiger partial charge in [0.25, 0.3) is 0 Å². The van der Waals surface area contributed by atoms with Crippen LogP contribution in [0.5, 0.6) is 0 Å². The molecule has 194 valence electrons. The minimum Gasteiger partial charge on any atom is -0.478 e. The standard InChI is InChI=1S/2C13H9.2C4H6O2.Ti/c2*1-3-7-12-10(5-1)9-11-6-2-4-8-13(11)12;2*1-3(2)4(5)6;/h2*1-9H;2*1H2,2H3,(H,5,6);/q2*-1;;;+2. The largest absolute Gasteiger partial charge is 2.00 e. The quantitative estimate of drug-likeness (QED) is 0.128. The molecule has 39 heavy (non-hydrogen) atoms. The van der Waals surface area contributed by atoms with E-state index in [9.17, 15) is 9.59 Å². The summed E-state index contributed by atoms with van der Waals surface area (Å²) in [6.45, 7) is 9.20. The van der Waals surface area contributed by atoms with Crippen LogP contribution in [0.1, 0.15) is 13.8 Å². The summed E-state index contributed by atoms with van der Waals surface area (Å²) in [5.74, 6) is -1.87. The molecule has 0 bridgehead atoms. The van der Waals surface area contributed by atoms with E-state index >= 15 is 0 Å². The molecule has 0 saturated carbocycles. The zero-order valence-corrected chi connectivity index (χ0v) is 23.6. The molecule has 0 spiro atoms. The summed E-state index contributed by atoms with van der Waals surface area (Å²) >= 11 is 0. The van der Waals surface area contributed by atoms with Crippen LogP contribution in [0.15, 0.2) is 133 Å². The second kappa shape index (κ2) is 14.6. The first-order chi connectivity index (χ1) is 18.2. The fourth-order valence-electron chi connectivity index (χ4n) is 3.81. The van der Waals surface area contributed by atoms with Crippen molar-refractivity contribution in [2.75, 3.05) is 0 Å². The van der Waals surface area contributed by atoms with Crippen LogP contribution in [-0.2, 0) is 31.3 Å². The van der Waals surface area contributed by atoms with Crippen LogP contribution in [0, 0.1) is 0 Å². The van der Waals surface area contributed by atoms with Crippen LogP contribution in [-0.4, -0.2) is 22.2 Å². The zero-order chi connectivity index (χ0) is 27.7. The number of hydrogen-bond acceptors (Lipinski definition) is 2. The third-order valence-corrected chi connectivity index (χ3v) is 5.78. The molecule has 0 unspecified atom stereocenters. The van der Waals surface area contributed by atoms with Gasteiger partial charge in [-0.2, -0.15) is 0 Å². The Labute approximate surface area is 243 Å². The topological polar surface area (TPSA) is 74.6 Å². The van der Waals surface area contributed by atoms with Gasteiger partial charge in [-0.15, -0.1) is 79.5 Å². The van der Waals surface area contributed by atoms with Crippen LogP contribution >= 0.6 is 0 Å². The first kappa shape index (κ1) is 31.0. The third-order valence-electron chi connectivity index (χ3n) is 5.78. The molecule has 6 rings (SSSR count). The number of aliphatic carboxylic acids is 2. The van der Waals surface area contributed by atoms with Gasteiger partial charge in [0.1, 0.15) is 0 Å². The number of carboxylic acids is 2. The Balaban J connectivity index is 0.000000194. The van der Waals surface area contributed by atoms with E-state index in [0.717, 1.165) is 0 Å². The number of carbonyl (C=O) groups is 2. The zero-order valence-electron chi connectivity index (χ0n) is 22.0. The summed E-state index contributed by atoms with van der Waals surface area (Å²) in [5.41, 5.74) is 0.352. The fourth-order valence-corrected chi connectivity index (χ4v) is 3.81. The van der Waals surface area contributed by atoms with Crippen molar-refractivity contribution in [1.82, 2.24) is 0 Å². The average Bonchev–Trinajstić information content (AvgIpc) is 3.48. The van der Waals surface area contributed by atoms with E-state index in [1.807, 2.05) is 0 Å². The number of rotatable bonds is 2. The first-order valence-corrected chi connectivity index (χ1v) is 12.0. The number of benzene rings is 4. The van der Waals surface area contributed by atoms with Gasteiger partial charge in [-0.1, -0.05) is 86.0 Å². The van der Waals surface area contributed by atoms with Crippen LogP contribution < -0.4 is 0 Å². The molecule has 0 aliphatic rings. The van der Waals surface area contributed by atoms with E-state index in [2.05, 4.69) is 122 Å². The second-order valence-corrected chi connectivity index (χ2v) is 8.81. The Hall–Kier alpha value is -4.25. The Morgan fingerprint density at radius 1 is 0.513 bits per heavy atom. The van der Waals surface area contributed by atoms with Crippen molar-refractivity contribution in [1.29, 1.82) is 0 Å². The Bertz CT molecular complexity index is 1480. The number of hydrogen-bond donors (Lipinski definition) is 2. The summed E-state index contributed by atoms with van der Waals surface area (Å²) in [4.78, 5) is 19.2. The van der Waals surface area contributed by atoms with Crippen molar-refractivity contribution in [2.45, 2.75) is 13.8 Å². The van der Waals surface area contributed by atoms with Gasteiger partial charge in [0.05, 0.1) is 0 Å². The van der Waals surface area contributed by atoms with E-state index in [1.54, 1.807) is 0 Å². The fraction of sp³-hybridized carbons (Fsp3) is 0.0588. The molecule has 0 aromatic heterocycles. The minimum absolute atomic E-state index is 0. The van der Waals surface area contributed by atoms with Crippen LogP contribution in [0.4, 0.5) is 0 Å². The van der Waals surface area contributed by atoms with Gasteiger partial charge in [-0.3, -0.25) is 0 Å². The van der Waals surface area contributed by atoms with E-state index in [4.69, 9.17) is 10.2 Å². The van der Waals surface area contributed by atoms with Crippen molar-refractivity contribution in [3.63, 3.8) is 0 Å². The maximum Gasteiger partial charge on any atom is 2.00 e. The van der Waals surface area contributed by atoms with E-state index < -0.39 is 11.9 Å². The van der Waals surface area contributed by atoms with Gasteiger partial charge >= 0.3 is 33.7 Å². The van der Waals surface area contributed by atoms with Crippen molar-refractivity contribution in [3.05, 3.63) is 133 Å². The molecule has 0 saturated heterocycles. The molecule has 0 aliphatic carbocycles. The predicted octanol–water partition coefficient (Wildman–Crippen LogP) is 8.72. The van der Waals surface area contributed by atoms with Gasteiger partial charge in [0.2, 0.25) is 0 Å². The Morgan fingerprint density at radius 2 is 0.692 bits per heavy atom. The molecule has 6 aromatic rings. The molecule has 4 nitrogen and oxygen atoms in total. The SMILES string of the molecule is C=C(C)C(=O)O.C=C(C)C(=O)O.[Ti+2].c1ccc2c(c1)[cH-]c1ccccc12.c1ccc2c(c1)[cH-]c1ccccc12. The smallest absolute Gasteiger partial charge is 0.478 e. The predicted molar refractivity (Wildman–Crippen MR) is 159 cm³/mol. The second-order valence-electron chi connectivity index (χ2n) is 8.81. The van der Waals surface area contributed by atoms with E-state index in [0.29, 0.717) is 0 Å². The molecule has 0 atom stereocenters. The van der Waals surface area contributed by atoms with Crippen LogP contribution in [0.3, 0.4) is 0 Å². The Kier molecular flexibility index (Phi) is 11.6. The average molecular weight is 550 g/mol. The monoisotopic (exact) mass is 550 g/mol. The minimum atomic E-state index is -0.935. The van der Waals surface area contributed by atoms with E-state index in [-0.39, 0.29) is 32.9 Å². The van der Waals surface area contributed by atoms with Gasteiger partial charge in [-0.05, 0) is 13.8 Å². The Morgan fingerprint density at radius 3 is 0.872 bits per heavy atom. The van der Waals surface area contributed by atoms with Gasteiger partial charge in [0, 0.05) is 11.1 Å². The molecule has 0 radical (unpaired) electrons. The molecule has 2 N–H and O–H groups in total. The van der Waals surface area contributed by atoms with Crippen LogP contribution in [0.2, 0.25) is 0 Å². The van der Waals surface area contributed by atoms with Gasteiger partial charge in [-0.25, -0.2) is 9.59 Å².